The number of aliphatic imine (C=N–C) groups is 1. The zero-order valence-corrected chi connectivity index (χ0v) is 24.3. The molecule has 1 aromatic carbocycles. The third-order valence-electron chi connectivity index (χ3n) is 6.85. The quantitative estimate of drug-likeness (QED) is 0.0613. The number of carboxylic acids is 1. The van der Waals surface area contributed by atoms with Crippen molar-refractivity contribution < 1.29 is 24.3 Å². The monoisotopic (exact) mass is 587 g/mol. The van der Waals surface area contributed by atoms with E-state index in [9.17, 15) is 24.3 Å². The summed E-state index contributed by atoms with van der Waals surface area (Å²) in [5, 5.41) is 18.5. The molecule has 0 saturated heterocycles. The molecular formula is C28H45N9O5. The molecule has 3 amide bonds. The maximum Gasteiger partial charge on any atom is 0.326 e. The van der Waals surface area contributed by atoms with Crippen LogP contribution in [-0.4, -0.2) is 77.0 Å². The molecule has 1 heterocycles. The number of guanidine groups is 1. The van der Waals surface area contributed by atoms with E-state index in [1.54, 1.807) is 20.0 Å². The fourth-order valence-corrected chi connectivity index (χ4v) is 4.46. The summed E-state index contributed by atoms with van der Waals surface area (Å²) in [5.41, 5.74) is 24.0. The largest absolute Gasteiger partial charge is 0.480 e. The molecular weight excluding hydrogens is 542 g/mol. The van der Waals surface area contributed by atoms with Gasteiger partial charge in [0.1, 0.15) is 18.1 Å². The van der Waals surface area contributed by atoms with Crippen LogP contribution in [0.1, 0.15) is 51.5 Å². The number of H-pyrrole nitrogens is 1. The van der Waals surface area contributed by atoms with Gasteiger partial charge in [-0.15, -0.1) is 0 Å². The van der Waals surface area contributed by atoms with Crippen LogP contribution in [0.25, 0.3) is 10.9 Å². The maximum atomic E-state index is 13.6. The number of hydrogen-bond donors (Lipinski definition) is 9. The molecule has 0 bridgehead atoms. The second kappa shape index (κ2) is 16.9. The van der Waals surface area contributed by atoms with E-state index >= 15 is 0 Å². The van der Waals surface area contributed by atoms with Crippen LogP contribution in [0.4, 0.5) is 0 Å². The maximum absolute atomic E-state index is 13.6. The number of carbonyl (C=O) groups is 4. The first-order valence-electron chi connectivity index (χ1n) is 14.1. The minimum atomic E-state index is -1.19. The van der Waals surface area contributed by atoms with E-state index < -0.39 is 53.8 Å². The van der Waals surface area contributed by atoms with Crippen LogP contribution < -0.4 is 38.9 Å². The van der Waals surface area contributed by atoms with Gasteiger partial charge in [0.25, 0.3) is 0 Å². The van der Waals surface area contributed by atoms with E-state index in [1.165, 1.54) is 0 Å². The molecule has 0 saturated carbocycles. The fourth-order valence-electron chi connectivity index (χ4n) is 4.46. The van der Waals surface area contributed by atoms with Gasteiger partial charge < -0.3 is 49.0 Å². The number of unbranched alkanes of at least 4 members (excludes halogenated alkanes) is 1. The van der Waals surface area contributed by atoms with Gasteiger partial charge in [0, 0.05) is 30.1 Å². The minimum Gasteiger partial charge on any atom is -0.480 e. The van der Waals surface area contributed by atoms with Crippen molar-refractivity contribution in [3.8, 4) is 0 Å². The van der Waals surface area contributed by atoms with Crippen LogP contribution >= 0.6 is 0 Å². The molecule has 0 spiro atoms. The number of aliphatic carboxylic acids is 1. The lowest BCUT2D eigenvalue weighted by Gasteiger charge is -2.26. The van der Waals surface area contributed by atoms with E-state index in [0.717, 1.165) is 16.5 Å². The number of fused-ring (bicyclic) bond motifs is 1. The van der Waals surface area contributed by atoms with Gasteiger partial charge >= 0.3 is 5.97 Å². The third-order valence-corrected chi connectivity index (χ3v) is 6.85. The highest BCUT2D eigenvalue weighted by molar-refractivity contribution is 5.95. The number of aromatic amines is 1. The van der Waals surface area contributed by atoms with Gasteiger partial charge in [-0.1, -0.05) is 38.5 Å². The van der Waals surface area contributed by atoms with Crippen molar-refractivity contribution in [2.45, 2.75) is 76.5 Å². The zero-order valence-electron chi connectivity index (χ0n) is 24.3. The Bertz CT molecular complexity index is 1230. The summed E-state index contributed by atoms with van der Waals surface area (Å²) in [5.74, 6) is -3.51. The lowest BCUT2D eigenvalue weighted by molar-refractivity contribution is -0.143. The molecule has 14 heteroatoms. The normalized spacial score (nSPS) is 14.0. The summed E-state index contributed by atoms with van der Waals surface area (Å²) in [4.78, 5) is 58.7. The molecule has 0 fully saturated rings. The number of nitrogens with one attached hydrogen (secondary N) is 4. The standard InChI is InChI=1S/C28H45N9O5/c1-16(2)23(27(41)42)37-26(40)22(14-17-15-34-20-10-4-3-8-18(17)20)36-25(39)21(11-7-13-33-28(31)32)35-24(38)19(30)9-5-6-12-29/h3-4,8,10,15-16,19,21-23,34H,5-7,9,11-14,29-30H2,1-2H3,(H,35,38)(H,36,39)(H,37,40)(H,41,42)(H4,31,32,33). The van der Waals surface area contributed by atoms with Crippen molar-refractivity contribution in [1.29, 1.82) is 0 Å². The molecule has 0 aliphatic rings. The predicted molar refractivity (Wildman–Crippen MR) is 161 cm³/mol. The lowest BCUT2D eigenvalue weighted by atomic mass is 10.0. The summed E-state index contributed by atoms with van der Waals surface area (Å²) in [6.45, 7) is 4.04. The molecule has 232 valence electrons. The highest BCUT2D eigenvalue weighted by Crippen LogP contribution is 2.19. The van der Waals surface area contributed by atoms with Crippen molar-refractivity contribution >= 4 is 40.6 Å². The summed E-state index contributed by atoms with van der Waals surface area (Å²) < 4.78 is 0. The Morgan fingerprint density at radius 2 is 1.60 bits per heavy atom. The number of rotatable bonds is 18. The van der Waals surface area contributed by atoms with E-state index in [2.05, 4.69) is 25.9 Å². The number of nitrogens with zero attached hydrogens (tertiary/aromatic N) is 1. The van der Waals surface area contributed by atoms with Crippen molar-refractivity contribution in [2.24, 2.45) is 33.8 Å². The predicted octanol–water partition coefficient (Wildman–Crippen LogP) is -0.585. The first-order chi connectivity index (χ1) is 19.9. The van der Waals surface area contributed by atoms with Crippen LogP contribution in [0.2, 0.25) is 0 Å². The van der Waals surface area contributed by atoms with Gasteiger partial charge in [-0.2, -0.15) is 0 Å². The van der Waals surface area contributed by atoms with Crippen LogP contribution in [0.15, 0.2) is 35.5 Å². The lowest BCUT2D eigenvalue weighted by Crippen LogP contribution is -2.58. The molecule has 42 heavy (non-hydrogen) atoms. The van der Waals surface area contributed by atoms with Gasteiger partial charge in [0.05, 0.1) is 6.04 Å². The van der Waals surface area contributed by atoms with Gasteiger partial charge in [-0.25, -0.2) is 4.79 Å². The van der Waals surface area contributed by atoms with Crippen molar-refractivity contribution in [1.82, 2.24) is 20.9 Å². The molecule has 4 unspecified atom stereocenters. The van der Waals surface area contributed by atoms with E-state index in [4.69, 9.17) is 22.9 Å². The smallest absolute Gasteiger partial charge is 0.326 e. The van der Waals surface area contributed by atoms with Gasteiger partial charge in [-0.05, 0) is 49.8 Å². The Kier molecular flexibility index (Phi) is 13.7. The summed E-state index contributed by atoms with van der Waals surface area (Å²) in [6, 6.07) is 3.27. The average molecular weight is 588 g/mol. The third kappa shape index (κ3) is 10.7. The summed E-state index contributed by atoms with van der Waals surface area (Å²) in [7, 11) is 0. The van der Waals surface area contributed by atoms with Crippen LogP contribution in [-0.2, 0) is 25.6 Å². The van der Waals surface area contributed by atoms with Gasteiger partial charge in [0.2, 0.25) is 17.7 Å². The molecule has 0 radical (unpaired) electrons. The average Bonchev–Trinajstić information content (AvgIpc) is 3.34. The van der Waals surface area contributed by atoms with Crippen molar-refractivity contribution in [3.05, 3.63) is 36.0 Å². The highest BCUT2D eigenvalue weighted by Gasteiger charge is 2.31. The Balaban J connectivity index is 2.30. The van der Waals surface area contributed by atoms with E-state index in [-0.39, 0.29) is 25.3 Å². The number of hydrogen-bond acceptors (Lipinski definition) is 7. The van der Waals surface area contributed by atoms with Gasteiger partial charge in [-0.3, -0.25) is 19.4 Å². The summed E-state index contributed by atoms with van der Waals surface area (Å²) in [6.07, 6.45) is 4.08. The number of nitrogens with two attached hydrogens (primary N) is 4. The fraction of sp³-hybridized carbons (Fsp3) is 0.536. The van der Waals surface area contributed by atoms with E-state index in [0.29, 0.717) is 32.2 Å². The molecule has 2 aromatic rings. The number of aromatic nitrogens is 1. The van der Waals surface area contributed by atoms with Crippen LogP contribution in [0, 0.1) is 5.92 Å². The molecule has 4 atom stereocenters. The van der Waals surface area contributed by atoms with Crippen LogP contribution in [0.3, 0.4) is 0 Å². The molecule has 0 aliphatic heterocycles. The molecule has 14 nitrogen and oxygen atoms in total. The Labute approximate surface area is 245 Å². The molecule has 13 N–H and O–H groups in total. The minimum absolute atomic E-state index is 0.0687. The number of carboxylic acid groups (broad SMARTS) is 1. The van der Waals surface area contributed by atoms with Crippen molar-refractivity contribution in [2.75, 3.05) is 13.1 Å². The second-order valence-electron chi connectivity index (χ2n) is 10.6. The first-order valence-corrected chi connectivity index (χ1v) is 14.1. The molecule has 1 aromatic heterocycles. The number of para-hydroxylation sites is 1. The SMILES string of the molecule is CC(C)C(NC(=O)C(Cc1c[nH]c2ccccc12)NC(=O)C(CCCN=C(N)N)NC(=O)C(N)CCCCN)C(=O)O. The summed E-state index contributed by atoms with van der Waals surface area (Å²) >= 11 is 0. The molecule has 2 rings (SSSR count). The zero-order chi connectivity index (χ0) is 31.2. The first kappa shape index (κ1) is 34.0. The molecule has 0 aliphatic carbocycles. The number of amides is 3. The van der Waals surface area contributed by atoms with Crippen molar-refractivity contribution in [3.63, 3.8) is 0 Å². The Hall–Kier alpha value is -4.17. The van der Waals surface area contributed by atoms with Gasteiger partial charge in [0.15, 0.2) is 5.96 Å². The van der Waals surface area contributed by atoms with Crippen LogP contribution in [0.5, 0.6) is 0 Å². The second-order valence-corrected chi connectivity index (χ2v) is 10.6. The number of carbonyl (C=O) groups excluding carboxylic acids is 3. The highest BCUT2D eigenvalue weighted by atomic mass is 16.4. The Morgan fingerprint density at radius 3 is 2.24 bits per heavy atom. The Morgan fingerprint density at radius 1 is 0.929 bits per heavy atom. The topological polar surface area (TPSA) is 257 Å². The number of benzene rings is 1. The van der Waals surface area contributed by atoms with E-state index in [1.807, 2.05) is 24.3 Å².